The van der Waals surface area contributed by atoms with Gasteiger partial charge in [0.25, 0.3) is 5.91 Å². The predicted molar refractivity (Wildman–Crippen MR) is 111 cm³/mol. The largest absolute Gasteiger partial charge is 0.489 e. The molecule has 1 aliphatic rings. The first kappa shape index (κ1) is 20.9. The second-order valence-corrected chi connectivity index (χ2v) is 7.44. The van der Waals surface area contributed by atoms with Crippen molar-refractivity contribution in [3.8, 4) is 5.75 Å². The zero-order valence-corrected chi connectivity index (χ0v) is 17.1. The number of benzene rings is 2. The van der Waals surface area contributed by atoms with Crippen LogP contribution in [0, 0.1) is 0 Å². The SMILES string of the molecule is O=C(NCCCN1CCOCC1)c1cccc(OCc2ccc(Cl)c(Cl)c2)c1. The number of carbonyl (C=O) groups is 1. The predicted octanol–water partition coefficient (Wildman–Crippen LogP) is 4.02. The molecule has 28 heavy (non-hydrogen) atoms. The Bertz CT molecular complexity index is 795. The molecule has 0 saturated carbocycles. The van der Waals surface area contributed by atoms with Crippen LogP contribution >= 0.6 is 23.2 Å². The van der Waals surface area contributed by atoms with Gasteiger partial charge in [0.05, 0.1) is 23.3 Å². The molecule has 0 aromatic heterocycles. The van der Waals surface area contributed by atoms with Crippen molar-refractivity contribution in [2.75, 3.05) is 39.4 Å². The van der Waals surface area contributed by atoms with E-state index in [1.165, 1.54) is 0 Å². The van der Waals surface area contributed by atoms with E-state index in [1.807, 2.05) is 18.2 Å². The van der Waals surface area contributed by atoms with Crippen LogP contribution in [0.25, 0.3) is 0 Å². The van der Waals surface area contributed by atoms with Crippen molar-refractivity contribution in [2.45, 2.75) is 13.0 Å². The molecule has 1 amide bonds. The third kappa shape index (κ3) is 6.38. The molecule has 150 valence electrons. The molecule has 0 aliphatic carbocycles. The van der Waals surface area contributed by atoms with Gasteiger partial charge in [-0.15, -0.1) is 0 Å². The highest BCUT2D eigenvalue weighted by atomic mass is 35.5. The zero-order chi connectivity index (χ0) is 19.8. The summed E-state index contributed by atoms with van der Waals surface area (Å²) >= 11 is 11.9. The van der Waals surface area contributed by atoms with Crippen molar-refractivity contribution in [3.05, 3.63) is 63.6 Å². The van der Waals surface area contributed by atoms with Crippen LogP contribution in [0.4, 0.5) is 0 Å². The van der Waals surface area contributed by atoms with Crippen LogP contribution in [0.1, 0.15) is 22.3 Å². The van der Waals surface area contributed by atoms with Crippen molar-refractivity contribution < 1.29 is 14.3 Å². The smallest absolute Gasteiger partial charge is 0.251 e. The van der Waals surface area contributed by atoms with Gasteiger partial charge < -0.3 is 14.8 Å². The summed E-state index contributed by atoms with van der Waals surface area (Å²) in [5.41, 5.74) is 1.49. The number of carbonyl (C=O) groups excluding carboxylic acids is 1. The molecule has 5 nitrogen and oxygen atoms in total. The first-order valence-corrected chi connectivity index (χ1v) is 10.1. The van der Waals surface area contributed by atoms with Gasteiger partial charge in [0.1, 0.15) is 12.4 Å². The molecule has 1 fully saturated rings. The molecule has 0 spiro atoms. The Morgan fingerprint density at radius 2 is 1.93 bits per heavy atom. The fourth-order valence-corrected chi connectivity index (χ4v) is 3.28. The van der Waals surface area contributed by atoms with Crippen LogP contribution in [-0.2, 0) is 11.3 Å². The lowest BCUT2D eigenvalue weighted by Crippen LogP contribution is -2.38. The summed E-state index contributed by atoms with van der Waals surface area (Å²) in [7, 11) is 0. The summed E-state index contributed by atoms with van der Waals surface area (Å²) in [5.74, 6) is 0.536. The highest BCUT2D eigenvalue weighted by Gasteiger charge is 2.10. The van der Waals surface area contributed by atoms with Crippen molar-refractivity contribution in [2.24, 2.45) is 0 Å². The molecule has 3 rings (SSSR count). The lowest BCUT2D eigenvalue weighted by atomic mass is 10.2. The van der Waals surface area contributed by atoms with Crippen LogP contribution in [0.2, 0.25) is 10.0 Å². The monoisotopic (exact) mass is 422 g/mol. The van der Waals surface area contributed by atoms with E-state index in [9.17, 15) is 4.79 Å². The van der Waals surface area contributed by atoms with E-state index in [0.29, 0.717) is 34.5 Å². The Balaban J connectivity index is 1.45. The molecule has 1 heterocycles. The lowest BCUT2D eigenvalue weighted by molar-refractivity contribution is 0.0374. The molecule has 1 aliphatic heterocycles. The maximum absolute atomic E-state index is 12.4. The zero-order valence-electron chi connectivity index (χ0n) is 15.6. The molecule has 7 heteroatoms. The summed E-state index contributed by atoms with van der Waals surface area (Å²) in [6, 6.07) is 12.5. The van der Waals surface area contributed by atoms with E-state index in [1.54, 1.807) is 24.3 Å². The van der Waals surface area contributed by atoms with Gasteiger partial charge in [-0.3, -0.25) is 9.69 Å². The lowest BCUT2D eigenvalue weighted by Gasteiger charge is -2.26. The molecule has 0 radical (unpaired) electrons. The third-order valence-electron chi connectivity index (χ3n) is 4.53. The van der Waals surface area contributed by atoms with Gasteiger partial charge in [0.15, 0.2) is 0 Å². The fourth-order valence-electron chi connectivity index (χ4n) is 2.95. The Hall–Kier alpha value is -1.79. The maximum Gasteiger partial charge on any atom is 0.251 e. The van der Waals surface area contributed by atoms with Crippen molar-refractivity contribution in [3.63, 3.8) is 0 Å². The van der Waals surface area contributed by atoms with Crippen molar-refractivity contribution >= 4 is 29.1 Å². The van der Waals surface area contributed by atoms with Gasteiger partial charge in [0, 0.05) is 25.2 Å². The summed E-state index contributed by atoms with van der Waals surface area (Å²) in [4.78, 5) is 14.7. The standard InChI is InChI=1S/C21H24Cl2N2O3/c22-19-6-5-16(13-20(19)23)15-28-18-4-1-3-17(14-18)21(26)24-7-2-8-25-9-11-27-12-10-25/h1,3-6,13-14H,2,7-12,15H2,(H,24,26). The third-order valence-corrected chi connectivity index (χ3v) is 5.27. The second-order valence-electron chi connectivity index (χ2n) is 6.63. The number of hydrogen-bond acceptors (Lipinski definition) is 4. The van der Waals surface area contributed by atoms with E-state index in [4.69, 9.17) is 32.7 Å². The first-order chi connectivity index (χ1) is 13.6. The van der Waals surface area contributed by atoms with Gasteiger partial charge >= 0.3 is 0 Å². The van der Waals surface area contributed by atoms with Crippen LogP contribution in [0.5, 0.6) is 5.75 Å². The van der Waals surface area contributed by atoms with Crippen LogP contribution < -0.4 is 10.1 Å². The average molecular weight is 423 g/mol. The molecular weight excluding hydrogens is 399 g/mol. The summed E-state index contributed by atoms with van der Waals surface area (Å²) in [6.07, 6.45) is 0.916. The minimum Gasteiger partial charge on any atom is -0.489 e. The van der Waals surface area contributed by atoms with Crippen molar-refractivity contribution in [1.29, 1.82) is 0 Å². The van der Waals surface area contributed by atoms with E-state index >= 15 is 0 Å². The topological polar surface area (TPSA) is 50.8 Å². The number of rotatable bonds is 8. The average Bonchev–Trinajstić information content (AvgIpc) is 2.73. The van der Waals surface area contributed by atoms with Gasteiger partial charge in [0.2, 0.25) is 0 Å². The number of hydrogen-bond donors (Lipinski definition) is 1. The van der Waals surface area contributed by atoms with Gasteiger partial charge in [-0.2, -0.15) is 0 Å². The molecule has 0 unspecified atom stereocenters. The molecule has 1 saturated heterocycles. The number of nitrogens with zero attached hydrogens (tertiary/aromatic N) is 1. The van der Waals surface area contributed by atoms with Gasteiger partial charge in [-0.1, -0.05) is 35.3 Å². The van der Waals surface area contributed by atoms with E-state index in [0.717, 1.165) is 44.8 Å². The Labute approximate surface area is 175 Å². The number of morpholine rings is 1. The van der Waals surface area contributed by atoms with E-state index in [-0.39, 0.29) is 5.91 Å². The van der Waals surface area contributed by atoms with Gasteiger partial charge in [-0.25, -0.2) is 0 Å². The van der Waals surface area contributed by atoms with Crippen LogP contribution in [-0.4, -0.2) is 50.2 Å². The van der Waals surface area contributed by atoms with Crippen LogP contribution in [0.3, 0.4) is 0 Å². The summed E-state index contributed by atoms with van der Waals surface area (Å²) in [5, 5.41) is 3.97. The first-order valence-electron chi connectivity index (χ1n) is 9.37. The van der Waals surface area contributed by atoms with E-state index < -0.39 is 0 Å². The van der Waals surface area contributed by atoms with Crippen LogP contribution in [0.15, 0.2) is 42.5 Å². The molecule has 0 atom stereocenters. The fraction of sp³-hybridized carbons (Fsp3) is 0.381. The van der Waals surface area contributed by atoms with Crippen molar-refractivity contribution in [1.82, 2.24) is 10.2 Å². The second kappa shape index (κ2) is 10.7. The Morgan fingerprint density at radius 1 is 1.11 bits per heavy atom. The number of nitrogens with one attached hydrogen (secondary N) is 1. The normalized spacial score (nSPS) is 14.6. The Kier molecular flexibility index (Phi) is 7.98. The summed E-state index contributed by atoms with van der Waals surface area (Å²) < 4.78 is 11.1. The molecule has 2 aromatic carbocycles. The molecule has 2 aromatic rings. The quantitative estimate of drug-likeness (QED) is 0.652. The number of ether oxygens (including phenoxy) is 2. The minimum absolute atomic E-state index is 0.0954. The summed E-state index contributed by atoms with van der Waals surface area (Å²) in [6.45, 7) is 5.48. The van der Waals surface area contributed by atoms with Gasteiger partial charge in [-0.05, 0) is 48.9 Å². The number of amides is 1. The maximum atomic E-state index is 12.4. The highest BCUT2D eigenvalue weighted by molar-refractivity contribution is 6.42. The highest BCUT2D eigenvalue weighted by Crippen LogP contribution is 2.23. The molecule has 1 N–H and O–H groups in total. The minimum atomic E-state index is -0.0954. The number of halogens is 2. The van der Waals surface area contributed by atoms with E-state index in [2.05, 4.69) is 10.2 Å². The molecule has 0 bridgehead atoms. The molecular formula is C21H24Cl2N2O3. The Morgan fingerprint density at radius 3 is 2.71 bits per heavy atom.